The number of nitrogens with zero attached hydrogens (tertiary/aromatic N) is 2. The average molecular weight is 265 g/mol. The van der Waals surface area contributed by atoms with Crippen molar-refractivity contribution in [2.45, 2.75) is 20.4 Å². The average Bonchev–Trinajstić information content (AvgIpc) is 2.46. The lowest BCUT2D eigenvalue weighted by atomic mass is 10.1. The fraction of sp³-hybridized carbons (Fsp3) is 0.235. The summed E-state index contributed by atoms with van der Waals surface area (Å²) in [6.45, 7) is 4.61. The van der Waals surface area contributed by atoms with E-state index < -0.39 is 0 Å². The standard InChI is InChI=1S/C17H19N3/c1-12-4-6-16(13(2)8-12)20(3)17-7-5-14(10-18)9-15(17)11-19/h4-9H,10,18H2,1-3H3. The van der Waals surface area contributed by atoms with E-state index in [1.807, 2.05) is 30.1 Å². The second-order valence-electron chi connectivity index (χ2n) is 5.02. The molecule has 0 aliphatic heterocycles. The molecule has 0 fully saturated rings. The maximum absolute atomic E-state index is 9.33. The van der Waals surface area contributed by atoms with Crippen molar-refractivity contribution in [2.75, 3.05) is 11.9 Å². The van der Waals surface area contributed by atoms with Crippen molar-refractivity contribution in [1.29, 1.82) is 5.26 Å². The minimum atomic E-state index is 0.447. The van der Waals surface area contributed by atoms with Gasteiger partial charge < -0.3 is 10.6 Å². The molecule has 0 aromatic heterocycles. The molecule has 0 aliphatic carbocycles. The molecule has 102 valence electrons. The van der Waals surface area contributed by atoms with E-state index in [0.717, 1.165) is 16.9 Å². The molecule has 20 heavy (non-hydrogen) atoms. The lowest BCUT2D eigenvalue weighted by molar-refractivity contribution is 1.06. The van der Waals surface area contributed by atoms with E-state index in [1.165, 1.54) is 11.1 Å². The first-order valence-corrected chi connectivity index (χ1v) is 6.61. The molecule has 0 saturated carbocycles. The van der Waals surface area contributed by atoms with Crippen molar-refractivity contribution in [3.63, 3.8) is 0 Å². The molecule has 0 aliphatic rings. The molecule has 0 saturated heterocycles. The van der Waals surface area contributed by atoms with Gasteiger partial charge in [0.1, 0.15) is 6.07 Å². The Balaban J connectivity index is 2.48. The van der Waals surface area contributed by atoms with E-state index in [1.54, 1.807) is 0 Å². The Labute approximate surface area is 120 Å². The number of nitrogens with two attached hydrogens (primary N) is 1. The maximum Gasteiger partial charge on any atom is 0.101 e. The molecule has 0 amide bonds. The number of rotatable bonds is 3. The first kappa shape index (κ1) is 14.1. The summed E-state index contributed by atoms with van der Waals surface area (Å²) >= 11 is 0. The van der Waals surface area contributed by atoms with Gasteiger partial charge >= 0.3 is 0 Å². The van der Waals surface area contributed by atoms with Crippen LogP contribution in [0.4, 0.5) is 11.4 Å². The van der Waals surface area contributed by atoms with Crippen LogP contribution < -0.4 is 10.6 Å². The fourth-order valence-electron chi connectivity index (χ4n) is 2.40. The molecular formula is C17H19N3. The van der Waals surface area contributed by atoms with Gasteiger partial charge in [0.2, 0.25) is 0 Å². The van der Waals surface area contributed by atoms with Crippen molar-refractivity contribution in [3.8, 4) is 6.07 Å². The second kappa shape index (κ2) is 5.77. The largest absolute Gasteiger partial charge is 0.343 e. The number of hydrogen-bond acceptors (Lipinski definition) is 3. The van der Waals surface area contributed by atoms with Gasteiger partial charge in [0, 0.05) is 19.3 Å². The quantitative estimate of drug-likeness (QED) is 0.925. The number of hydrogen-bond donors (Lipinski definition) is 1. The van der Waals surface area contributed by atoms with E-state index in [-0.39, 0.29) is 0 Å². The first-order valence-electron chi connectivity index (χ1n) is 6.61. The van der Waals surface area contributed by atoms with E-state index >= 15 is 0 Å². The summed E-state index contributed by atoms with van der Waals surface area (Å²) in [5, 5.41) is 9.33. The van der Waals surface area contributed by atoms with Gasteiger partial charge in [0.05, 0.1) is 11.3 Å². The van der Waals surface area contributed by atoms with Gasteiger partial charge in [0.15, 0.2) is 0 Å². The Morgan fingerprint density at radius 1 is 1.10 bits per heavy atom. The zero-order valence-corrected chi connectivity index (χ0v) is 12.1. The van der Waals surface area contributed by atoms with Crippen LogP contribution in [0.15, 0.2) is 36.4 Å². The SMILES string of the molecule is Cc1ccc(N(C)c2ccc(CN)cc2C#N)c(C)c1. The third-order valence-corrected chi connectivity index (χ3v) is 3.49. The molecule has 0 atom stereocenters. The third kappa shape index (κ3) is 2.66. The van der Waals surface area contributed by atoms with Crippen LogP contribution in [-0.4, -0.2) is 7.05 Å². The van der Waals surface area contributed by atoms with Crippen molar-refractivity contribution in [3.05, 3.63) is 58.7 Å². The number of benzene rings is 2. The van der Waals surface area contributed by atoms with Crippen molar-refractivity contribution < 1.29 is 0 Å². The molecule has 0 bridgehead atoms. The van der Waals surface area contributed by atoms with Crippen LogP contribution in [0.25, 0.3) is 0 Å². The molecule has 2 rings (SSSR count). The van der Waals surface area contributed by atoms with Gasteiger partial charge in [0.25, 0.3) is 0 Å². The van der Waals surface area contributed by atoms with E-state index in [9.17, 15) is 5.26 Å². The lowest BCUT2D eigenvalue weighted by Crippen LogP contribution is -2.13. The molecule has 0 spiro atoms. The summed E-state index contributed by atoms with van der Waals surface area (Å²) in [5.41, 5.74) is 11.7. The third-order valence-electron chi connectivity index (χ3n) is 3.49. The number of aryl methyl sites for hydroxylation is 2. The molecule has 2 aromatic carbocycles. The van der Waals surface area contributed by atoms with E-state index in [2.05, 4.69) is 38.1 Å². The topological polar surface area (TPSA) is 53.0 Å². The molecule has 0 unspecified atom stereocenters. The molecule has 0 radical (unpaired) electrons. The van der Waals surface area contributed by atoms with Crippen LogP contribution >= 0.6 is 0 Å². The molecule has 2 aromatic rings. The number of nitriles is 1. The van der Waals surface area contributed by atoms with Crippen LogP contribution in [0.5, 0.6) is 0 Å². The summed E-state index contributed by atoms with van der Waals surface area (Å²) in [6.07, 6.45) is 0. The minimum absolute atomic E-state index is 0.447. The highest BCUT2D eigenvalue weighted by Crippen LogP contribution is 2.30. The van der Waals surface area contributed by atoms with Crippen LogP contribution in [0.3, 0.4) is 0 Å². The highest BCUT2D eigenvalue weighted by atomic mass is 15.1. The highest BCUT2D eigenvalue weighted by molar-refractivity contribution is 5.71. The summed E-state index contributed by atoms with van der Waals surface area (Å²) in [6, 6.07) is 14.4. The monoisotopic (exact) mass is 265 g/mol. The fourth-order valence-corrected chi connectivity index (χ4v) is 2.40. The maximum atomic E-state index is 9.33. The first-order chi connectivity index (χ1) is 9.56. The normalized spacial score (nSPS) is 10.2. The van der Waals surface area contributed by atoms with Gasteiger partial charge in [-0.1, -0.05) is 23.8 Å². The number of anilines is 2. The molecule has 3 heteroatoms. The van der Waals surface area contributed by atoms with Gasteiger partial charge in [-0.15, -0.1) is 0 Å². The summed E-state index contributed by atoms with van der Waals surface area (Å²) in [4.78, 5) is 2.05. The van der Waals surface area contributed by atoms with E-state index in [4.69, 9.17) is 5.73 Å². The van der Waals surface area contributed by atoms with Gasteiger partial charge in [-0.3, -0.25) is 0 Å². The van der Waals surface area contributed by atoms with Crippen molar-refractivity contribution in [2.24, 2.45) is 5.73 Å². The Morgan fingerprint density at radius 2 is 1.80 bits per heavy atom. The van der Waals surface area contributed by atoms with Gasteiger partial charge in [-0.2, -0.15) is 5.26 Å². The van der Waals surface area contributed by atoms with Crippen molar-refractivity contribution in [1.82, 2.24) is 0 Å². The van der Waals surface area contributed by atoms with Gasteiger partial charge in [-0.05, 0) is 43.2 Å². The van der Waals surface area contributed by atoms with Crippen LogP contribution in [0.1, 0.15) is 22.3 Å². The predicted molar refractivity (Wildman–Crippen MR) is 83.0 cm³/mol. The molecule has 0 heterocycles. The Morgan fingerprint density at radius 3 is 2.40 bits per heavy atom. The molecule has 2 N–H and O–H groups in total. The van der Waals surface area contributed by atoms with Crippen LogP contribution in [0.2, 0.25) is 0 Å². The zero-order chi connectivity index (χ0) is 14.7. The van der Waals surface area contributed by atoms with Crippen LogP contribution in [0, 0.1) is 25.2 Å². The molecular weight excluding hydrogens is 246 g/mol. The highest BCUT2D eigenvalue weighted by Gasteiger charge is 2.11. The summed E-state index contributed by atoms with van der Waals surface area (Å²) < 4.78 is 0. The lowest BCUT2D eigenvalue weighted by Gasteiger charge is -2.23. The van der Waals surface area contributed by atoms with E-state index in [0.29, 0.717) is 12.1 Å². The summed E-state index contributed by atoms with van der Waals surface area (Å²) in [7, 11) is 1.98. The predicted octanol–water partition coefficient (Wildman–Crippen LogP) is 3.40. The van der Waals surface area contributed by atoms with Crippen molar-refractivity contribution >= 4 is 11.4 Å². The Kier molecular flexibility index (Phi) is 4.07. The Hall–Kier alpha value is -2.31. The Bertz CT molecular complexity index is 668. The smallest absolute Gasteiger partial charge is 0.101 e. The second-order valence-corrected chi connectivity index (χ2v) is 5.02. The minimum Gasteiger partial charge on any atom is -0.343 e. The van der Waals surface area contributed by atoms with Crippen LogP contribution in [-0.2, 0) is 6.54 Å². The van der Waals surface area contributed by atoms with Gasteiger partial charge in [-0.25, -0.2) is 0 Å². The molecule has 3 nitrogen and oxygen atoms in total. The summed E-state index contributed by atoms with van der Waals surface area (Å²) in [5.74, 6) is 0. The zero-order valence-electron chi connectivity index (χ0n) is 12.1.